The minimum atomic E-state index is -0.808. The molecule has 0 aliphatic heterocycles. The molecule has 0 amide bonds. The van der Waals surface area contributed by atoms with E-state index in [1.807, 2.05) is 0 Å². The minimum Gasteiger partial charge on any atom is -0.462 e. The zero-order valence-corrected chi connectivity index (χ0v) is 49.9. The number of hydrogen-bond acceptors (Lipinski definition) is 6. The van der Waals surface area contributed by atoms with Gasteiger partial charge in [0.25, 0.3) is 0 Å². The zero-order valence-electron chi connectivity index (χ0n) is 49.9. The summed E-state index contributed by atoms with van der Waals surface area (Å²) < 4.78 is 16.9. The molecule has 0 heterocycles. The van der Waals surface area contributed by atoms with Crippen molar-refractivity contribution in [3.63, 3.8) is 0 Å². The number of rotatable bonds is 56. The lowest BCUT2D eigenvalue weighted by Crippen LogP contribution is -2.30. The van der Waals surface area contributed by atoms with Gasteiger partial charge in [-0.2, -0.15) is 0 Å². The normalized spacial score (nSPS) is 13.0. The lowest BCUT2D eigenvalue weighted by atomic mass is 10.0. The number of ether oxygens (including phenoxy) is 3. The van der Waals surface area contributed by atoms with Gasteiger partial charge in [0, 0.05) is 19.3 Å². The van der Waals surface area contributed by atoms with Crippen molar-refractivity contribution < 1.29 is 28.6 Å². The average molecular weight is 1070 g/mol. The molecule has 436 valence electrons. The maximum atomic E-state index is 12.9. The van der Waals surface area contributed by atoms with Gasteiger partial charge in [-0.05, 0) is 116 Å². The summed E-state index contributed by atoms with van der Waals surface area (Å²) in [6.45, 7) is 6.38. The van der Waals surface area contributed by atoms with Crippen molar-refractivity contribution in [2.75, 3.05) is 13.2 Å². The van der Waals surface area contributed by atoms with Gasteiger partial charge in [0.05, 0.1) is 0 Å². The minimum absolute atomic E-state index is 0.0994. The summed E-state index contributed by atoms with van der Waals surface area (Å²) in [5.74, 6) is -0.950. The summed E-state index contributed by atoms with van der Waals surface area (Å²) >= 11 is 0. The molecule has 1 unspecified atom stereocenters. The van der Waals surface area contributed by atoms with Gasteiger partial charge in [-0.25, -0.2) is 0 Å². The summed E-state index contributed by atoms with van der Waals surface area (Å²) in [6.07, 6.45) is 90.3. The van der Waals surface area contributed by atoms with Crippen molar-refractivity contribution in [3.8, 4) is 0 Å². The Morgan fingerprint density at radius 1 is 0.273 bits per heavy atom. The van der Waals surface area contributed by atoms with E-state index in [1.54, 1.807) is 0 Å². The summed E-state index contributed by atoms with van der Waals surface area (Å²) in [5.41, 5.74) is 0. The van der Waals surface area contributed by atoms with Gasteiger partial charge in [-0.1, -0.05) is 276 Å². The van der Waals surface area contributed by atoms with Crippen LogP contribution in [0.5, 0.6) is 0 Å². The second-order valence-corrected chi connectivity index (χ2v) is 20.6. The molecule has 0 rings (SSSR count). The van der Waals surface area contributed by atoms with Gasteiger partial charge < -0.3 is 14.2 Å². The summed E-state index contributed by atoms with van der Waals surface area (Å²) in [6, 6.07) is 0. The van der Waals surface area contributed by atoms with Crippen LogP contribution >= 0.6 is 0 Å². The van der Waals surface area contributed by atoms with E-state index in [0.29, 0.717) is 19.3 Å². The topological polar surface area (TPSA) is 78.9 Å². The average Bonchev–Trinajstić information content (AvgIpc) is 3.43. The standard InChI is InChI=1S/C71H116O6/c1-4-7-10-13-16-19-22-25-28-29-30-31-32-33-34-35-36-37-38-39-40-41-44-46-49-52-55-58-61-64-70(73)76-67-68(77-71(74)65-62-59-56-53-50-47-43-27-24-21-18-15-12-9-6-3)66-75-69(72)63-60-57-54-51-48-45-42-26-23-20-17-14-11-8-5-2/h7,9-10,12,16,18-19,21,25,27-28,30-31,33-34,36-37,39-40,43,50,53,68H,4-6,8,11,13-15,17,20,22-24,26,29,32,35,38,41-42,44-49,51-52,54-67H2,1-3H3/b10-7-,12-9-,19-16-,21-18-,28-25-,31-30-,34-33-,37-36-,40-39-,43-27-,53-50-. The summed E-state index contributed by atoms with van der Waals surface area (Å²) in [5, 5.41) is 0. The van der Waals surface area contributed by atoms with Crippen LogP contribution in [0.1, 0.15) is 278 Å². The first-order chi connectivity index (χ1) is 38.0. The van der Waals surface area contributed by atoms with E-state index in [-0.39, 0.29) is 37.5 Å². The van der Waals surface area contributed by atoms with E-state index < -0.39 is 6.10 Å². The molecular formula is C71H116O6. The highest BCUT2D eigenvalue weighted by atomic mass is 16.6. The molecule has 0 N–H and O–H groups in total. The van der Waals surface area contributed by atoms with Crippen LogP contribution in [0.3, 0.4) is 0 Å². The van der Waals surface area contributed by atoms with Crippen molar-refractivity contribution >= 4 is 17.9 Å². The second kappa shape index (κ2) is 64.1. The molecule has 0 fully saturated rings. The number of unbranched alkanes of at least 4 members (excludes halogenated alkanes) is 23. The molecule has 0 saturated heterocycles. The molecule has 77 heavy (non-hydrogen) atoms. The van der Waals surface area contributed by atoms with E-state index in [0.717, 1.165) is 128 Å². The Bertz CT molecular complexity index is 1650. The fourth-order valence-corrected chi connectivity index (χ4v) is 8.47. The molecule has 0 saturated carbocycles. The van der Waals surface area contributed by atoms with Crippen molar-refractivity contribution in [2.24, 2.45) is 0 Å². The van der Waals surface area contributed by atoms with Crippen LogP contribution in [0, 0.1) is 0 Å². The Kier molecular flexibility index (Phi) is 60.4. The zero-order chi connectivity index (χ0) is 55.7. The van der Waals surface area contributed by atoms with Crippen LogP contribution in [0.25, 0.3) is 0 Å². The maximum absolute atomic E-state index is 12.9. The number of carbonyl (C=O) groups is 3. The highest BCUT2D eigenvalue weighted by Crippen LogP contribution is 2.15. The third-order valence-electron chi connectivity index (χ3n) is 13.2. The molecule has 0 aromatic carbocycles. The van der Waals surface area contributed by atoms with E-state index in [4.69, 9.17) is 14.2 Å². The Labute approximate surface area is 475 Å². The van der Waals surface area contributed by atoms with Crippen LogP contribution in [-0.2, 0) is 28.6 Å². The molecular weight excluding hydrogens is 949 g/mol. The third-order valence-corrected chi connectivity index (χ3v) is 13.2. The SMILES string of the molecule is CC/C=C\C/C=C\C/C=C\C/C=C\C/C=C\C/C=C\C/C=C\CCCCCCCCCC(=O)OCC(COC(=O)CCCCCCCCCCCCCCCCC)OC(=O)CCCC/C=C\C/C=C\C/C=C\C/C=C\CC. The third kappa shape index (κ3) is 62.3. The monoisotopic (exact) mass is 1060 g/mol. The molecule has 1 atom stereocenters. The highest BCUT2D eigenvalue weighted by molar-refractivity contribution is 5.71. The molecule has 0 spiro atoms. The Balaban J connectivity index is 4.38. The molecule has 0 radical (unpaired) electrons. The summed E-state index contributed by atoms with van der Waals surface area (Å²) in [7, 11) is 0. The van der Waals surface area contributed by atoms with Gasteiger partial charge in [-0.15, -0.1) is 0 Å². The first kappa shape index (κ1) is 72.5. The molecule has 6 heteroatoms. The van der Waals surface area contributed by atoms with Crippen molar-refractivity contribution in [3.05, 3.63) is 134 Å². The molecule has 0 aliphatic rings. The van der Waals surface area contributed by atoms with Gasteiger partial charge in [-0.3, -0.25) is 14.4 Å². The first-order valence-electron chi connectivity index (χ1n) is 31.7. The van der Waals surface area contributed by atoms with Crippen LogP contribution in [0.2, 0.25) is 0 Å². The van der Waals surface area contributed by atoms with E-state index in [1.165, 1.54) is 103 Å². The first-order valence-corrected chi connectivity index (χ1v) is 31.7. The predicted octanol–water partition coefficient (Wildman–Crippen LogP) is 21.8. The highest BCUT2D eigenvalue weighted by Gasteiger charge is 2.19. The van der Waals surface area contributed by atoms with Crippen molar-refractivity contribution in [1.82, 2.24) is 0 Å². The quantitative estimate of drug-likeness (QED) is 0.0261. The van der Waals surface area contributed by atoms with Crippen molar-refractivity contribution in [1.29, 1.82) is 0 Å². The fraction of sp³-hybridized carbons (Fsp3) is 0.648. The Hall–Kier alpha value is -4.45. The van der Waals surface area contributed by atoms with E-state index in [2.05, 4.69) is 154 Å². The Morgan fingerprint density at radius 3 is 0.818 bits per heavy atom. The van der Waals surface area contributed by atoms with E-state index >= 15 is 0 Å². The number of carbonyl (C=O) groups excluding carboxylic acids is 3. The second-order valence-electron chi connectivity index (χ2n) is 20.6. The smallest absolute Gasteiger partial charge is 0.306 e. The molecule has 0 bridgehead atoms. The number of allylic oxidation sites excluding steroid dienone is 22. The maximum Gasteiger partial charge on any atom is 0.306 e. The number of esters is 3. The van der Waals surface area contributed by atoms with Crippen LogP contribution in [0.15, 0.2) is 134 Å². The molecule has 0 aliphatic carbocycles. The van der Waals surface area contributed by atoms with Crippen LogP contribution in [0.4, 0.5) is 0 Å². The van der Waals surface area contributed by atoms with E-state index in [9.17, 15) is 14.4 Å². The largest absolute Gasteiger partial charge is 0.462 e. The summed E-state index contributed by atoms with van der Waals surface area (Å²) in [4.78, 5) is 38.3. The lowest BCUT2D eigenvalue weighted by molar-refractivity contribution is -0.167. The van der Waals surface area contributed by atoms with Crippen molar-refractivity contribution in [2.45, 2.75) is 284 Å². The van der Waals surface area contributed by atoms with Crippen LogP contribution in [-0.4, -0.2) is 37.2 Å². The fourth-order valence-electron chi connectivity index (χ4n) is 8.47. The van der Waals surface area contributed by atoms with Gasteiger partial charge in [0.2, 0.25) is 0 Å². The van der Waals surface area contributed by atoms with Gasteiger partial charge in [0.15, 0.2) is 6.10 Å². The lowest BCUT2D eigenvalue weighted by Gasteiger charge is -2.18. The van der Waals surface area contributed by atoms with Gasteiger partial charge in [0.1, 0.15) is 13.2 Å². The van der Waals surface area contributed by atoms with Gasteiger partial charge >= 0.3 is 17.9 Å². The number of hydrogen-bond donors (Lipinski definition) is 0. The predicted molar refractivity (Wildman–Crippen MR) is 334 cm³/mol. The molecule has 0 aromatic rings. The Morgan fingerprint density at radius 2 is 0.506 bits per heavy atom. The molecule has 0 aromatic heterocycles. The van der Waals surface area contributed by atoms with Crippen LogP contribution < -0.4 is 0 Å². The molecule has 6 nitrogen and oxygen atoms in total.